The number of ether oxygens (including phenoxy) is 1. The van der Waals surface area contributed by atoms with E-state index in [1.54, 1.807) is 0 Å². The monoisotopic (exact) mass is 396 g/mol. The second-order valence-electron chi connectivity index (χ2n) is 7.71. The number of para-hydroxylation sites is 1. The van der Waals surface area contributed by atoms with Crippen LogP contribution in [0.5, 0.6) is 0 Å². The minimum atomic E-state index is -0.235. The molecule has 150 valence electrons. The van der Waals surface area contributed by atoms with Crippen LogP contribution in [-0.2, 0) is 9.53 Å². The minimum Gasteiger partial charge on any atom is -0.464 e. The van der Waals surface area contributed by atoms with Crippen molar-refractivity contribution in [3.63, 3.8) is 0 Å². The molecular weight excluding hydrogens is 372 g/mol. The van der Waals surface area contributed by atoms with Gasteiger partial charge in [-0.05, 0) is 22.8 Å². The van der Waals surface area contributed by atoms with Gasteiger partial charge >= 0.3 is 5.97 Å². The van der Waals surface area contributed by atoms with Crippen LogP contribution in [0.25, 0.3) is 22.2 Å². The summed E-state index contributed by atoms with van der Waals surface area (Å²) in [4.78, 5) is 15.7. The van der Waals surface area contributed by atoms with Crippen molar-refractivity contribution in [2.24, 2.45) is 0 Å². The lowest BCUT2D eigenvalue weighted by Crippen LogP contribution is -2.36. The number of carbonyl (C=O) groups excluding carboxylic acids is 1. The molecule has 5 rings (SSSR count). The largest absolute Gasteiger partial charge is 0.464 e. The van der Waals surface area contributed by atoms with Crippen molar-refractivity contribution in [1.29, 1.82) is 0 Å². The second-order valence-corrected chi connectivity index (χ2v) is 7.71. The highest BCUT2D eigenvalue weighted by Gasteiger charge is 2.29. The van der Waals surface area contributed by atoms with E-state index in [1.807, 2.05) is 12.1 Å². The standard InChI is InChI=1S/C26H24N2O2/c29-26-23(15-16-30-26)27-17-21(18-9-3-1-4-10-18)24-20-13-7-8-14-22(20)28-25(24)19-11-5-2-6-12-19/h1-14,21,23,27-28H,15-17H2/t21-,23-/m0/s1. The Balaban J connectivity index is 1.64. The predicted octanol–water partition coefficient (Wildman–Crippen LogP) is 4.87. The molecule has 0 radical (unpaired) electrons. The number of fused-ring (bicyclic) bond motifs is 1. The van der Waals surface area contributed by atoms with E-state index in [0.29, 0.717) is 13.2 Å². The van der Waals surface area contributed by atoms with E-state index in [9.17, 15) is 4.79 Å². The van der Waals surface area contributed by atoms with Gasteiger partial charge in [0.05, 0.1) is 12.3 Å². The molecule has 30 heavy (non-hydrogen) atoms. The Labute approximate surface area is 175 Å². The Hall–Kier alpha value is -3.37. The molecule has 2 atom stereocenters. The van der Waals surface area contributed by atoms with Crippen LogP contribution in [0.2, 0.25) is 0 Å². The first kappa shape index (κ1) is 18.6. The summed E-state index contributed by atoms with van der Waals surface area (Å²) in [6.07, 6.45) is 0.722. The fraction of sp³-hybridized carbons (Fsp3) is 0.192. The number of hydrogen-bond donors (Lipinski definition) is 2. The highest BCUT2D eigenvalue weighted by atomic mass is 16.5. The van der Waals surface area contributed by atoms with E-state index in [1.165, 1.54) is 16.5 Å². The SMILES string of the molecule is O=C1OCC[C@@H]1NC[C@@H](c1ccccc1)c1c(-c2ccccc2)[nH]c2ccccc12. The molecule has 2 N–H and O–H groups in total. The third kappa shape index (κ3) is 3.51. The average Bonchev–Trinajstić information content (AvgIpc) is 3.39. The van der Waals surface area contributed by atoms with Crippen LogP contribution in [0, 0.1) is 0 Å². The number of aromatic nitrogens is 1. The van der Waals surface area contributed by atoms with Crippen LogP contribution in [0.15, 0.2) is 84.9 Å². The maximum atomic E-state index is 12.0. The molecule has 4 heteroatoms. The fourth-order valence-corrected chi connectivity index (χ4v) is 4.37. The number of H-pyrrole nitrogens is 1. The lowest BCUT2D eigenvalue weighted by molar-refractivity contribution is -0.139. The Bertz CT molecular complexity index is 1150. The van der Waals surface area contributed by atoms with Crippen molar-refractivity contribution in [2.45, 2.75) is 18.4 Å². The molecule has 1 aromatic heterocycles. The molecule has 0 aliphatic carbocycles. The van der Waals surface area contributed by atoms with Crippen molar-refractivity contribution < 1.29 is 9.53 Å². The first-order valence-corrected chi connectivity index (χ1v) is 10.4. The summed E-state index contributed by atoms with van der Waals surface area (Å²) in [5.74, 6) is -0.0602. The minimum absolute atomic E-state index is 0.0888. The second kappa shape index (κ2) is 8.17. The Morgan fingerprint density at radius 3 is 2.37 bits per heavy atom. The highest BCUT2D eigenvalue weighted by molar-refractivity contribution is 5.92. The summed E-state index contributed by atoms with van der Waals surface area (Å²) < 4.78 is 5.15. The van der Waals surface area contributed by atoms with Crippen molar-refractivity contribution in [2.75, 3.05) is 13.2 Å². The van der Waals surface area contributed by atoms with Crippen LogP contribution in [0.4, 0.5) is 0 Å². The van der Waals surface area contributed by atoms with Crippen LogP contribution in [0.3, 0.4) is 0 Å². The van der Waals surface area contributed by atoms with E-state index in [4.69, 9.17) is 4.74 Å². The van der Waals surface area contributed by atoms with E-state index in [-0.39, 0.29) is 17.9 Å². The number of cyclic esters (lactones) is 1. The smallest absolute Gasteiger partial charge is 0.323 e. The molecule has 0 unspecified atom stereocenters. The molecule has 2 heterocycles. The molecule has 1 aliphatic heterocycles. The van der Waals surface area contributed by atoms with Gasteiger partial charge in [-0.3, -0.25) is 4.79 Å². The number of nitrogens with one attached hydrogen (secondary N) is 2. The predicted molar refractivity (Wildman–Crippen MR) is 119 cm³/mol. The van der Waals surface area contributed by atoms with Crippen molar-refractivity contribution in [1.82, 2.24) is 10.3 Å². The van der Waals surface area contributed by atoms with Crippen LogP contribution >= 0.6 is 0 Å². The van der Waals surface area contributed by atoms with Crippen molar-refractivity contribution >= 4 is 16.9 Å². The summed E-state index contributed by atoms with van der Waals surface area (Å²) in [6, 6.07) is 29.1. The van der Waals surface area contributed by atoms with E-state index < -0.39 is 0 Å². The quantitative estimate of drug-likeness (QED) is 0.457. The van der Waals surface area contributed by atoms with Gasteiger partial charge in [0, 0.05) is 29.8 Å². The summed E-state index contributed by atoms with van der Waals surface area (Å²) >= 11 is 0. The van der Waals surface area contributed by atoms with Crippen molar-refractivity contribution in [3.8, 4) is 11.3 Å². The van der Waals surface area contributed by atoms with Gasteiger partial charge in [0.15, 0.2) is 0 Å². The van der Waals surface area contributed by atoms with Gasteiger partial charge < -0.3 is 15.0 Å². The molecular formula is C26H24N2O2. The molecule has 1 fully saturated rings. The zero-order valence-electron chi connectivity index (χ0n) is 16.7. The molecule has 3 aromatic carbocycles. The van der Waals surface area contributed by atoms with Crippen LogP contribution < -0.4 is 5.32 Å². The molecule has 0 bridgehead atoms. The van der Waals surface area contributed by atoms with Gasteiger partial charge in [0.2, 0.25) is 0 Å². The maximum Gasteiger partial charge on any atom is 0.323 e. The lowest BCUT2D eigenvalue weighted by atomic mass is 9.87. The molecule has 0 amide bonds. The Morgan fingerprint density at radius 2 is 1.63 bits per heavy atom. The number of carbonyl (C=O) groups is 1. The average molecular weight is 396 g/mol. The fourth-order valence-electron chi connectivity index (χ4n) is 4.37. The number of rotatable bonds is 6. The topological polar surface area (TPSA) is 54.1 Å². The third-order valence-corrected chi connectivity index (χ3v) is 5.86. The number of esters is 1. The molecule has 0 spiro atoms. The molecule has 4 aromatic rings. The van der Waals surface area contributed by atoms with Crippen LogP contribution in [-0.4, -0.2) is 30.1 Å². The van der Waals surface area contributed by atoms with Gasteiger partial charge in [0.25, 0.3) is 0 Å². The van der Waals surface area contributed by atoms with E-state index in [2.05, 4.69) is 83.1 Å². The first-order chi connectivity index (χ1) is 14.8. The van der Waals surface area contributed by atoms with Gasteiger partial charge in [-0.25, -0.2) is 0 Å². The van der Waals surface area contributed by atoms with E-state index in [0.717, 1.165) is 23.2 Å². The summed E-state index contributed by atoms with van der Waals surface area (Å²) in [5, 5.41) is 4.68. The zero-order chi connectivity index (χ0) is 20.3. The van der Waals surface area contributed by atoms with Gasteiger partial charge in [-0.1, -0.05) is 78.9 Å². The summed E-state index contributed by atoms with van der Waals surface area (Å²) in [5.41, 5.74) is 5.87. The molecule has 1 saturated heterocycles. The zero-order valence-corrected chi connectivity index (χ0v) is 16.7. The van der Waals surface area contributed by atoms with Gasteiger partial charge in [0.1, 0.15) is 6.04 Å². The summed E-state index contributed by atoms with van der Waals surface area (Å²) in [7, 11) is 0. The maximum absolute atomic E-state index is 12.0. The normalized spacial score (nSPS) is 17.2. The molecule has 1 aliphatic rings. The Kier molecular flexibility index (Phi) is 5.08. The number of benzene rings is 3. The van der Waals surface area contributed by atoms with E-state index >= 15 is 0 Å². The number of aromatic amines is 1. The summed E-state index contributed by atoms with van der Waals surface area (Å²) in [6.45, 7) is 1.15. The molecule has 4 nitrogen and oxygen atoms in total. The van der Waals surface area contributed by atoms with Gasteiger partial charge in [-0.2, -0.15) is 0 Å². The number of hydrogen-bond acceptors (Lipinski definition) is 3. The van der Waals surface area contributed by atoms with Gasteiger partial charge in [-0.15, -0.1) is 0 Å². The lowest BCUT2D eigenvalue weighted by Gasteiger charge is -2.21. The highest BCUT2D eigenvalue weighted by Crippen LogP contribution is 2.38. The van der Waals surface area contributed by atoms with Crippen molar-refractivity contribution in [3.05, 3.63) is 96.1 Å². The Morgan fingerprint density at radius 1 is 0.933 bits per heavy atom. The first-order valence-electron chi connectivity index (χ1n) is 10.4. The third-order valence-electron chi connectivity index (χ3n) is 5.86. The van der Waals surface area contributed by atoms with Crippen LogP contribution in [0.1, 0.15) is 23.5 Å². The molecule has 0 saturated carbocycles.